The number of nitrogens with zero attached hydrogens (tertiary/aromatic N) is 4. The highest BCUT2D eigenvalue weighted by Crippen LogP contribution is 2.27. The summed E-state index contributed by atoms with van der Waals surface area (Å²) in [5, 5.41) is 19.5. The first-order chi connectivity index (χ1) is 14.1. The van der Waals surface area contributed by atoms with E-state index in [1.54, 1.807) is 36.5 Å². The zero-order valence-corrected chi connectivity index (χ0v) is 15.1. The number of nitrogens with two attached hydrogens (primary N) is 1. The molecule has 0 unspecified atom stereocenters. The fourth-order valence-corrected chi connectivity index (χ4v) is 2.59. The number of hydrogen-bond acceptors (Lipinski definition) is 8. The Hall–Kier alpha value is -3.63. The Balaban J connectivity index is 1.46. The van der Waals surface area contributed by atoms with Gasteiger partial charge in [0, 0.05) is 36.0 Å². The van der Waals surface area contributed by atoms with Crippen LogP contribution in [0, 0.1) is 5.82 Å². The minimum atomic E-state index is -0.593. The highest BCUT2D eigenvalue weighted by molar-refractivity contribution is 5.58. The molecule has 29 heavy (non-hydrogen) atoms. The van der Waals surface area contributed by atoms with Crippen molar-refractivity contribution in [3.8, 4) is 34.3 Å². The van der Waals surface area contributed by atoms with Crippen LogP contribution < -0.4 is 10.5 Å². The second-order valence-electron chi connectivity index (χ2n) is 6.27. The zero-order valence-electron chi connectivity index (χ0n) is 15.1. The molecule has 4 rings (SSSR count). The third-order valence-corrected chi connectivity index (χ3v) is 4.09. The summed E-state index contributed by atoms with van der Waals surface area (Å²) in [6, 6.07) is 9.31. The van der Waals surface area contributed by atoms with E-state index in [0.717, 1.165) is 0 Å². The first-order valence-corrected chi connectivity index (χ1v) is 8.75. The molecule has 4 aromatic rings. The molecule has 0 bridgehead atoms. The quantitative estimate of drug-likeness (QED) is 0.433. The van der Waals surface area contributed by atoms with Gasteiger partial charge in [-0.25, -0.2) is 9.37 Å². The summed E-state index contributed by atoms with van der Waals surface area (Å²) in [4.78, 5) is 8.27. The fourth-order valence-electron chi connectivity index (χ4n) is 2.59. The molecule has 0 fully saturated rings. The maximum absolute atomic E-state index is 14.3. The van der Waals surface area contributed by atoms with E-state index in [-0.39, 0.29) is 18.9 Å². The Morgan fingerprint density at radius 2 is 2.03 bits per heavy atom. The van der Waals surface area contributed by atoms with Crippen LogP contribution in [-0.2, 0) is 6.42 Å². The summed E-state index contributed by atoms with van der Waals surface area (Å²) in [6.45, 7) is -0.169. The number of nitrogens with one attached hydrogen (secondary N) is 1. The summed E-state index contributed by atoms with van der Waals surface area (Å²) >= 11 is 0. The molecule has 10 heteroatoms. The van der Waals surface area contributed by atoms with Crippen molar-refractivity contribution in [1.82, 2.24) is 25.3 Å². The van der Waals surface area contributed by atoms with Crippen molar-refractivity contribution < 1.29 is 18.8 Å². The first kappa shape index (κ1) is 18.7. The predicted molar refractivity (Wildman–Crippen MR) is 100 cm³/mol. The first-order valence-electron chi connectivity index (χ1n) is 8.75. The van der Waals surface area contributed by atoms with Gasteiger partial charge in [-0.05, 0) is 36.4 Å². The van der Waals surface area contributed by atoms with Crippen LogP contribution in [0.1, 0.15) is 5.89 Å². The van der Waals surface area contributed by atoms with Crippen LogP contribution >= 0.6 is 0 Å². The number of H-pyrrole nitrogens is 1. The molecule has 0 radical (unpaired) electrons. The van der Waals surface area contributed by atoms with Crippen molar-refractivity contribution in [2.45, 2.75) is 12.5 Å². The fraction of sp³-hybridized carbons (Fsp3) is 0.158. The van der Waals surface area contributed by atoms with Crippen LogP contribution in [0.2, 0.25) is 0 Å². The van der Waals surface area contributed by atoms with Gasteiger partial charge >= 0.3 is 0 Å². The van der Waals surface area contributed by atoms with Crippen LogP contribution in [0.15, 0.2) is 53.3 Å². The summed E-state index contributed by atoms with van der Waals surface area (Å²) in [7, 11) is 0. The van der Waals surface area contributed by atoms with Crippen LogP contribution in [0.5, 0.6) is 11.6 Å². The minimum Gasteiger partial charge on any atom is -0.436 e. The largest absolute Gasteiger partial charge is 0.436 e. The van der Waals surface area contributed by atoms with Crippen LogP contribution in [0.25, 0.3) is 22.6 Å². The molecule has 0 aliphatic carbocycles. The molecule has 3 aromatic heterocycles. The molecule has 0 amide bonds. The standard InChI is InChI=1S/C19H17FN6O3/c20-15-7-12(16-5-6-23-25-16)9-22-19(15)28-14-3-1-11(2-4-14)18-24-17(29-26-18)8-13(21)10-27/h1-7,9,13,27H,8,10,21H2,(H,23,25)/t13-/m0/s1. The third-order valence-electron chi connectivity index (χ3n) is 4.09. The Kier molecular flexibility index (Phi) is 5.27. The Labute approximate surface area is 164 Å². The smallest absolute Gasteiger partial charge is 0.255 e. The van der Waals surface area contributed by atoms with Gasteiger partial charge < -0.3 is 20.1 Å². The number of aromatic nitrogens is 5. The lowest BCUT2D eigenvalue weighted by atomic mass is 10.2. The number of pyridine rings is 1. The predicted octanol–water partition coefficient (Wildman–Crippen LogP) is 2.32. The van der Waals surface area contributed by atoms with E-state index in [0.29, 0.717) is 34.3 Å². The van der Waals surface area contributed by atoms with Gasteiger partial charge in [0.1, 0.15) is 5.75 Å². The van der Waals surface area contributed by atoms with Gasteiger partial charge in [-0.2, -0.15) is 10.1 Å². The van der Waals surface area contributed by atoms with Gasteiger partial charge in [-0.3, -0.25) is 5.10 Å². The summed E-state index contributed by atoms with van der Waals surface area (Å²) in [6.07, 6.45) is 3.36. The lowest BCUT2D eigenvalue weighted by molar-refractivity contribution is 0.254. The summed E-state index contributed by atoms with van der Waals surface area (Å²) in [5.74, 6) is 0.390. The highest BCUT2D eigenvalue weighted by atomic mass is 19.1. The van der Waals surface area contributed by atoms with E-state index in [1.807, 2.05) is 0 Å². The van der Waals surface area contributed by atoms with E-state index in [9.17, 15) is 4.39 Å². The lowest BCUT2D eigenvalue weighted by Crippen LogP contribution is -2.26. The molecule has 0 aliphatic rings. The molecular formula is C19H17FN6O3. The number of ether oxygens (including phenoxy) is 1. The number of aliphatic hydroxyl groups is 1. The number of hydrogen-bond donors (Lipinski definition) is 3. The normalized spacial score (nSPS) is 12.1. The van der Waals surface area contributed by atoms with Crippen molar-refractivity contribution in [3.63, 3.8) is 0 Å². The van der Waals surface area contributed by atoms with E-state index in [4.69, 9.17) is 20.1 Å². The number of rotatable bonds is 7. The number of benzene rings is 1. The van der Waals surface area contributed by atoms with Gasteiger partial charge in [0.2, 0.25) is 11.7 Å². The SMILES string of the molecule is N[C@H](CO)Cc1nc(-c2ccc(Oc3ncc(-c4ccn[nH]4)cc3F)cc2)no1. The molecule has 0 aliphatic heterocycles. The number of aliphatic hydroxyl groups excluding tert-OH is 1. The van der Waals surface area contributed by atoms with E-state index < -0.39 is 11.9 Å². The van der Waals surface area contributed by atoms with Crippen molar-refractivity contribution in [3.05, 3.63) is 60.5 Å². The number of halogens is 1. The van der Waals surface area contributed by atoms with E-state index in [2.05, 4.69) is 25.3 Å². The van der Waals surface area contributed by atoms with E-state index >= 15 is 0 Å². The monoisotopic (exact) mass is 396 g/mol. The van der Waals surface area contributed by atoms with Crippen LogP contribution in [-0.4, -0.2) is 43.1 Å². The van der Waals surface area contributed by atoms with E-state index in [1.165, 1.54) is 12.3 Å². The van der Waals surface area contributed by atoms with Gasteiger partial charge in [0.25, 0.3) is 5.88 Å². The molecule has 0 spiro atoms. The second kappa shape index (κ2) is 8.17. The molecule has 148 valence electrons. The molecule has 1 aromatic carbocycles. The maximum atomic E-state index is 14.3. The number of aromatic amines is 1. The maximum Gasteiger partial charge on any atom is 0.255 e. The van der Waals surface area contributed by atoms with Gasteiger partial charge in [0.15, 0.2) is 5.82 Å². The average molecular weight is 396 g/mol. The van der Waals surface area contributed by atoms with Crippen molar-refractivity contribution in [1.29, 1.82) is 0 Å². The minimum absolute atomic E-state index is 0.138. The molecule has 3 heterocycles. The Morgan fingerprint density at radius 1 is 1.21 bits per heavy atom. The molecule has 1 atom stereocenters. The van der Waals surface area contributed by atoms with Crippen molar-refractivity contribution >= 4 is 0 Å². The van der Waals surface area contributed by atoms with Crippen LogP contribution in [0.4, 0.5) is 4.39 Å². The van der Waals surface area contributed by atoms with Crippen molar-refractivity contribution in [2.24, 2.45) is 5.73 Å². The molecule has 0 saturated carbocycles. The van der Waals surface area contributed by atoms with Gasteiger partial charge in [-0.15, -0.1) is 0 Å². The average Bonchev–Trinajstić information content (AvgIpc) is 3.42. The topological polar surface area (TPSA) is 136 Å². The summed E-state index contributed by atoms with van der Waals surface area (Å²) in [5.41, 5.74) is 7.57. The lowest BCUT2D eigenvalue weighted by Gasteiger charge is -2.07. The van der Waals surface area contributed by atoms with Crippen molar-refractivity contribution in [2.75, 3.05) is 6.61 Å². The molecular weight excluding hydrogens is 379 g/mol. The molecule has 4 N–H and O–H groups in total. The Bertz CT molecular complexity index is 1080. The molecule has 0 saturated heterocycles. The van der Waals surface area contributed by atoms with Crippen LogP contribution in [0.3, 0.4) is 0 Å². The van der Waals surface area contributed by atoms with Gasteiger partial charge in [0.05, 0.1) is 12.3 Å². The van der Waals surface area contributed by atoms with Gasteiger partial charge in [-0.1, -0.05) is 5.16 Å². The Morgan fingerprint density at radius 3 is 2.72 bits per heavy atom. The summed E-state index contributed by atoms with van der Waals surface area (Å²) < 4.78 is 25.0. The third kappa shape index (κ3) is 4.28. The molecule has 9 nitrogen and oxygen atoms in total. The second-order valence-corrected chi connectivity index (χ2v) is 6.27. The zero-order chi connectivity index (χ0) is 20.2. The highest BCUT2D eigenvalue weighted by Gasteiger charge is 2.13.